The fraction of sp³-hybridized carbons (Fsp3) is 0.500. The molecule has 0 saturated heterocycles. The second-order valence-electron chi connectivity index (χ2n) is 6.05. The number of hydrogen-bond donors (Lipinski definition) is 1. The van der Waals surface area contributed by atoms with Crippen LogP contribution in [0.5, 0.6) is 0 Å². The highest BCUT2D eigenvalue weighted by Crippen LogP contribution is 2.59. The van der Waals surface area contributed by atoms with E-state index in [4.69, 9.17) is 10.2 Å². The lowest BCUT2D eigenvalue weighted by atomic mass is 10.0. The first-order valence-corrected chi connectivity index (χ1v) is 7.18. The van der Waals surface area contributed by atoms with Gasteiger partial charge in [0.15, 0.2) is 0 Å². The smallest absolute Gasteiger partial charge is 0.134 e. The molecule has 0 amide bonds. The monoisotopic (exact) mass is 259 g/mol. The van der Waals surface area contributed by atoms with Gasteiger partial charge in [-0.2, -0.15) is 0 Å². The molecule has 2 nitrogen and oxygen atoms in total. The fourth-order valence-electron chi connectivity index (χ4n) is 3.97. The number of hydrogen-bond acceptors (Lipinski definition) is 2. The van der Waals surface area contributed by atoms with Crippen molar-refractivity contribution in [3.63, 3.8) is 0 Å². The minimum atomic E-state index is -0.228. The summed E-state index contributed by atoms with van der Waals surface area (Å²) in [5.41, 5.74) is 7.11. The predicted molar refractivity (Wildman–Crippen MR) is 72.0 cm³/mol. The van der Waals surface area contributed by atoms with Crippen LogP contribution < -0.4 is 5.73 Å². The predicted octanol–water partition coefficient (Wildman–Crippen LogP) is 4.01. The van der Waals surface area contributed by atoms with Crippen LogP contribution in [0.3, 0.4) is 0 Å². The number of benzene rings is 1. The zero-order chi connectivity index (χ0) is 13.0. The number of halogens is 1. The van der Waals surface area contributed by atoms with Crippen molar-refractivity contribution >= 4 is 11.0 Å². The quantitative estimate of drug-likeness (QED) is 0.885. The van der Waals surface area contributed by atoms with E-state index in [-0.39, 0.29) is 11.9 Å². The fourth-order valence-corrected chi connectivity index (χ4v) is 3.97. The van der Waals surface area contributed by atoms with Gasteiger partial charge in [0.2, 0.25) is 0 Å². The molecule has 2 aliphatic carbocycles. The van der Waals surface area contributed by atoms with Gasteiger partial charge in [0, 0.05) is 5.39 Å². The molecule has 2 aromatic rings. The second-order valence-corrected chi connectivity index (χ2v) is 6.05. The van der Waals surface area contributed by atoms with Gasteiger partial charge in [-0.25, -0.2) is 4.39 Å². The normalized spacial score (nSPS) is 31.2. The Labute approximate surface area is 111 Å². The molecule has 2 saturated carbocycles. The summed E-state index contributed by atoms with van der Waals surface area (Å²) in [7, 11) is 0. The summed E-state index contributed by atoms with van der Waals surface area (Å²) in [6.07, 6.45) is 5.32. The minimum Gasteiger partial charge on any atom is -0.459 e. The molecule has 19 heavy (non-hydrogen) atoms. The molecule has 1 aromatic heterocycles. The molecular weight excluding hydrogens is 241 g/mol. The van der Waals surface area contributed by atoms with Crippen LogP contribution in [0, 0.1) is 23.6 Å². The lowest BCUT2D eigenvalue weighted by Crippen LogP contribution is -2.13. The molecule has 100 valence electrons. The maximum absolute atomic E-state index is 13.2. The molecule has 0 radical (unpaired) electrons. The van der Waals surface area contributed by atoms with Gasteiger partial charge in [-0.1, -0.05) is 12.8 Å². The van der Waals surface area contributed by atoms with Crippen molar-refractivity contribution in [3.05, 3.63) is 35.8 Å². The Morgan fingerprint density at radius 2 is 1.89 bits per heavy atom. The summed E-state index contributed by atoms with van der Waals surface area (Å²) < 4.78 is 19.0. The summed E-state index contributed by atoms with van der Waals surface area (Å²) in [6.45, 7) is 0. The van der Waals surface area contributed by atoms with Crippen LogP contribution in [-0.4, -0.2) is 0 Å². The largest absolute Gasteiger partial charge is 0.459 e. The molecular formula is C16H18FNO. The van der Waals surface area contributed by atoms with Crippen LogP contribution in [0.15, 0.2) is 28.7 Å². The van der Waals surface area contributed by atoms with Gasteiger partial charge >= 0.3 is 0 Å². The maximum Gasteiger partial charge on any atom is 0.134 e. The molecule has 1 aromatic carbocycles. The third-order valence-corrected chi connectivity index (χ3v) is 4.96. The van der Waals surface area contributed by atoms with Gasteiger partial charge in [0.1, 0.15) is 17.2 Å². The van der Waals surface area contributed by atoms with Crippen molar-refractivity contribution in [2.45, 2.75) is 31.7 Å². The molecule has 4 rings (SSSR count). The van der Waals surface area contributed by atoms with Crippen molar-refractivity contribution in [3.8, 4) is 0 Å². The molecule has 2 N–H and O–H groups in total. The maximum atomic E-state index is 13.2. The van der Waals surface area contributed by atoms with Gasteiger partial charge in [0.25, 0.3) is 0 Å². The average Bonchev–Trinajstić information content (AvgIpc) is 2.99. The van der Waals surface area contributed by atoms with E-state index in [2.05, 4.69) is 0 Å². The van der Waals surface area contributed by atoms with E-state index in [1.54, 1.807) is 6.07 Å². The zero-order valence-electron chi connectivity index (χ0n) is 10.8. The Balaban J connectivity index is 1.63. The van der Waals surface area contributed by atoms with Crippen LogP contribution in [0.1, 0.15) is 37.5 Å². The molecule has 3 unspecified atom stereocenters. The number of nitrogens with two attached hydrogens (primary N) is 1. The molecule has 2 aliphatic rings. The molecule has 3 heteroatoms. The van der Waals surface area contributed by atoms with Crippen LogP contribution in [0.25, 0.3) is 11.0 Å². The highest BCUT2D eigenvalue weighted by Gasteiger charge is 2.54. The van der Waals surface area contributed by atoms with Gasteiger partial charge in [-0.05, 0) is 54.9 Å². The van der Waals surface area contributed by atoms with E-state index in [1.807, 2.05) is 6.07 Å². The van der Waals surface area contributed by atoms with Crippen molar-refractivity contribution < 1.29 is 8.81 Å². The molecule has 2 fully saturated rings. The lowest BCUT2D eigenvalue weighted by Gasteiger charge is -2.07. The summed E-state index contributed by atoms with van der Waals surface area (Å²) in [5.74, 6) is 2.77. The van der Waals surface area contributed by atoms with Crippen molar-refractivity contribution in [2.75, 3.05) is 0 Å². The average molecular weight is 259 g/mol. The standard InChI is InChI=1S/C16H18FNO/c17-10-5-6-13-9(7-10)8-14(19-13)16(18)15-11-3-1-2-4-12(11)15/h5-8,11-12,15-16H,1-4,18H2. The number of fused-ring (bicyclic) bond motifs is 2. The molecule has 0 spiro atoms. The van der Waals surface area contributed by atoms with Crippen LogP contribution in [0.4, 0.5) is 4.39 Å². The van der Waals surface area contributed by atoms with Crippen LogP contribution >= 0.6 is 0 Å². The van der Waals surface area contributed by atoms with E-state index in [1.165, 1.54) is 37.8 Å². The van der Waals surface area contributed by atoms with E-state index in [0.29, 0.717) is 5.92 Å². The SMILES string of the molecule is NC(c1cc2cc(F)ccc2o1)C1C2CCCCC21. The minimum absolute atomic E-state index is 0.0245. The van der Waals surface area contributed by atoms with Crippen LogP contribution in [-0.2, 0) is 0 Å². The Morgan fingerprint density at radius 1 is 1.16 bits per heavy atom. The van der Waals surface area contributed by atoms with E-state index < -0.39 is 0 Å². The third-order valence-electron chi connectivity index (χ3n) is 4.96. The molecule has 3 atom stereocenters. The Morgan fingerprint density at radius 3 is 2.63 bits per heavy atom. The first-order chi connectivity index (χ1) is 9.24. The Bertz CT molecular complexity index is 608. The van der Waals surface area contributed by atoms with Crippen LogP contribution in [0.2, 0.25) is 0 Å². The summed E-state index contributed by atoms with van der Waals surface area (Å²) in [5, 5.41) is 0.814. The van der Waals surface area contributed by atoms with Gasteiger partial charge in [-0.3, -0.25) is 0 Å². The second kappa shape index (κ2) is 4.07. The van der Waals surface area contributed by atoms with E-state index in [0.717, 1.165) is 28.6 Å². The number of furan rings is 1. The highest BCUT2D eigenvalue weighted by atomic mass is 19.1. The molecule has 1 heterocycles. The zero-order valence-corrected chi connectivity index (χ0v) is 10.8. The summed E-state index contributed by atoms with van der Waals surface area (Å²) >= 11 is 0. The van der Waals surface area contributed by atoms with Crippen molar-refractivity contribution in [1.82, 2.24) is 0 Å². The Hall–Kier alpha value is -1.35. The molecule has 0 aliphatic heterocycles. The number of rotatable bonds is 2. The van der Waals surface area contributed by atoms with Crippen molar-refractivity contribution in [1.29, 1.82) is 0 Å². The van der Waals surface area contributed by atoms with Crippen molar-refractivity contribution in [2.24, 2.45) is 23.5 Å². The Kier molecular flexibility index (Phi) is 2.46. The lowest BCUT2D eigenvalue weighted by molar-refractivity contribution is 0.443. The highest BCUT2D eigenvalue weighted by molar-refractivity contribution is 5.78. The van der Waals surface area contributed by atoms with E-state index in [9.17, 15) is 4.39 Å². The van der Waals surface area contributed by atoms with E-state index >= 15 is 0 Å². The summed E-state index contributed by atoms with van der Waals surface area (Å²) in [6, 6.07) is 6.50. The first-order valence-electron chi connectivity index (χ1n) is 7.18. The van der Waals surface area contributed by atoms with Gasteiger partial charge in [-0.15, -0.1) is 0 Å². The third kappa shape index (κ3) is 1.79. The first kappa shape index (κ1) is 11.5. The van der Waals surface area contributed by atoms with Gasteiger partial charge in [0.05, 0.1) is 6.04 Å². The topological polar surface area (TPSA) is 39.2 Å². The van der Waals surface area contributed by atoms with Gasteiger partial charge < -0.3 is 10.2 Å². The summed E-state index contributed by atoms with van der Waals surface area (Å²) in [4.78, 5) is 0. The molecule has 0 bridgehead atoms.